The van der Waals surface area contributed by atoms with E-state index in [0.717, 1.165) is 19.3 Å². The molecule has 0 atom stereocenters. The van der Waals surface area contributed by atoms with Crippen molar-refractivity contribution in [2.75, 3.05) is 13.2 Å². The molecule has 0 aromatic rings. The van der Waals surface area contributed by atoms with Gasteiger partial charge in [-0.25, -0.2) is 0 Å². The van der Waals surface area contributed by atoms with Gasteiger partial charge in [-0.05, 0) is 25.9 Å². The molecule has 31 heavy (non-hydrogen) atoms. The molecule has 0 aliphatic rings. The molecular formula is C28H60O2Si. The van der Waals surface area contributed by atoms with E-state index in [1.807, 2.05) is 0 Å². The molecule has 0 unspecified atom stereocenters. The van der Waals surface area contributed by atoms with E-state index in [4.69, 9.17) is 8.85 Å². The van der Waals surface area contributed by atoms with Gasteiger partial charge in [0.1, 0.15) is 0 Å². The van der Waals surface area contributed by atoms with Crippen LogP contribution < -0.4 is 0 Å². The monoisotopic (exact) mass is 456 g/mol. The normalized spacial score (nSPS) is 12.0. The van der Waals surface area contributed by atoms with Crippen molar-refractivity contribution in [3.8, 4) is 0 Å². The summed E-state index contributed by atoms with van der Waals surface area (Å²) >= 11 is 0. The van der Waals surface area contributed by atoms with Crippen LogP contribution >= 0.6 is 0 Å². The SMILES string of the molecule is CCCCCCCCCCCCCCCCCCCCCC[Si](CC)(OCC)OCC. The minimum absolute atomic E-state index is 0.805. The smallest absolute Gasteiger partial charge is 0.337 e. The van der Waals surface area contributed by atoms with E-state index in [2.05, 4.69) is 27.7 Å². The van der Waals surface area contributed by atoms with Crippen LogP contribution in [-0.4, -0.2) is 21.8 Å². The van der Waals surface area contributed by atoms with Crippen LogP contribution in [0.25, 0.3) is 0 Å². The van der Waals surface area contributed by atoms with E-state index < -0.39 is 8.56 Å². The Hall–Kier alpha value is 0.137. The van der Waals surface area contributed by atoms with Crippen LogP contribution in [0.2, 0.25) is 12.1 Å². The zero-order valence-corrected chi connectivity index (χ0v) is 23.3. The molecular weight excluding hydrogens is 396 g/mol. The zero-order valence-electron chi connectivity index (χ0n) is 22.3. The second kappa shape index (κ2) is 24.8. The quantitative estimate of drug-likeness (QED) is 0.0951. The Morgan fingerprint density at radius 3 is 0.935 bits per heavy atom. The molecule has 0 aromatic heterocycles. The maximum Gasteiger partial charge on any atom is 0.337 e. The highest BCUT2D eigenvalue weighted by molar-refractivity contribution is 6.67. The van der Waals surface area contributed by atoms with Crippen molar-refractivity contribution >= 4 is 8.56 Å². The molecule has 0 fully saturated rings. The molecule has 0 heterocycles. The fourth-order valence-electron chi connectivity index (χ4n) is 4.74. The molecule has 0 bridgehead atoms. The van der Waals surface area contributed by atoms with Gasteiger partial charge in [-0.2, -0.15) is 0 Å². The second-order valence-electron chi connectivity index (χ2n) is 9.60. The van der Waals surface area contributed by atoms with E-state index >= 15 is 0 Å². The summed E-state index contributed by atoms with van der Waals surface area (Å²) in [6.45, 7) is 10.4. The minimum Gasteiger partial charge on any atom is -0.394 e. The van der Waals surface area contributed by atoms with E-state index in [1.165, 1.54) is 134 Å². The molecule has 0 aromatic carbocycles. The molecule has 0 saturated heterocycles. The minimum atomic E-state index is -1.88. The summed E-state index contributed by atoms with van der Waals surface area (Å²) in [6, 6.07) is 2.28. The molecule has 0 N–H and O–H groups in total. The Balaban J connectivity index is 3.29. The molecule has 0 saturated carbocycles. The van der Waals surface area contributed by atoms with Gasteiger partial charge in [0.25, 0.3) is 0 Å². The van der Waals surface area contributed by atoms with Crippen LogP contribution in [0.5, 0.6) is 0 Å². The molecule has 0 aliphatic carbocycles. The molecule has 0 amide bonds. The van der Waals surface area contributed by atoms with E-state index in [1.54, 1.807) is 0 Å². The third-order valence-electron chi connectivity index (χ3n) is 6.76. The lowest BCUT2D eigenvalue weighted by Crippen LogP contribution is -2.41. The predicted molar refractivity (Wildman–Crippen MR) is 142 cm³/mol. The van der Waals surface area contributed by atoms with Crippen LogP contribution in [0.4, 0.5) is 0 Å². The highest BCUT2D eigenvalue weighted by atomic mass is 28.4. The van der Waals surface area contributed by atoms with Crippen molar-refractivity contribution in [1.29, 1.82) is 0 Å². The van der Waals surface area contributed by atoms with Crippen molar-refractivity contribution in [3.63, 3.8) is 0 Å². The van der Waals surface area contributed by atoms with Gasteiger partial charge in [0, 0.05) is 13.2 Å². The maximum absolute atomic E-state index is 6.08. The number of rotatable bonds is 26. The van der Waals surface area contributed by atoms with Gasteiger partial charge in [0.2, 0.25) is 0 Å². The number of unbranched alkanes of at least 4 members (excludes halogenated alkanes) is 19. The van der Waals surface area contributed by atoms with Crippen LogP contribution in [0.3, 0.4) is 0 Å². The fraction of sp³-hybridized carbons (Fsp3) is 1.00. The first-order chi connectivity index (χ1) is 15.2. The van der Waals surface area contributed by atoms with E-state index in [0.29, 0.717) is 0 Å². The Bertz CT molecular complexity index is 329. The van der Waals surface area contributed by atoms with Gasteiger partial charge in [0.05, 0.1) is 0 Å². The molecule has 0 rings (SSSR count). The summed E-state index contributed by atoms with van der Waals surface area (Å²) in [4.78, 5) is 0. The highest BCUT2D eigenvalue weighted by Gasteiger charge is 2.33. The average Bonchev–Trinajstić information content (AvgIpc) is 2.78. The topological polar surface area (TPSA) is 18.5 Å². The lowest BCUT2D eigenvalue weighted by Gasteiger charge is -2.28. The first-order valence-electron chi connectivity index (χ1n) is 14.5. The fourth-order valence-corrected chi connectivity index (χ4v) is 7.72. The summed E-state index contributed by atoms with van der Waals surface area (Å²) in [6.07, 6.45) is 28.8. The van der Waals surface area contributed by atoms with Gasteiger partial charge in [-0.1, -0.05) is 142 Å². The summed E-state index contributed by atoms with van der Waals surface area (Å²) < 4.78 is 12.2. The van der Waals surface area contributed by atoms with Crippen molar-refractivity contribution in [3.05, 3.63) is 0 Å². The molecule has 3 heteroatoms. The molecule has 0 spiro atoms. The van der Waals surface area contributed by atoms with Gasteiger partial charge >= 0.3 is 8.56 Å². The summed E-state index contributed by atoms with van der Waals surface area (Å²) in [5.74, 6) is 0. The molecule has 2 nitrogen and oxygen atoms in total. The molecule has 0 aliphatic heterocycles. The predicted octanol–water partition coefficient (Wildman–Crippen LogP) is 10.3. The number of hydrogen-bond donors (Lipinski definition) is 0. The van der Waals surface area contributed by atoms with Crippen LogP contribution in [0, 0.1) is 0 Å². The van der Waals surface area contributed by atoms with E-state index in [-0.39, 0.29) is 0 Å². The summed E-state index contributed by atoms with van der Waals surface area (Å²) in [5.41, 5.74) is 0. The second-order valence-corrected chi connectivity index (χ2v) is 13.2. The highest BCUT2D eigenvalue weighted by Crippen LogP contribution is 2.23. The Morgan fingerprint density at radius 2 is 0.677 bits per heavy atom. The zero-order chi connectivity index (χ0) is 22.9. The van der Waals surface area contributed by atoms with Crippen molar-refractivity contribution < 1.29 is 8.85 Å². The average molecular weight is 457 g/mol. The Kier molecular flexibility index (Phi) is 24.9. The summed E-state index contributed by atoms with van der Waals surface area (Å²) in [5, 5.41) is 0. The van der Waals surface area contributed by atoms with Crippen molar-refractivity contribution in [2.45, 2.75) is 168 Å². The van der Waals surface area contributed by atoms with Crippen molar-refractivity contribution in [1.82, 2.24) is 0 Å². The van der Waals surface area contributed by atoms with Crippen LogP contribution in [-0.2, 0) is 8.85 Å². The largest absolute Gasteiger partial charge is 0.394 e. The van der Waals surface area contributed by atoms with Gasteiger partial charge in [-0.15, -0.1) is 0 Å². The molecule has 0 radical (unpaired) electrons. The van der Waals surface area contributed by atoms with Gasteiger partial charge in [-0.3, -0.25) is 0 Å². The van der Waals surface area contributed by atoms with Crippen molar-refractivity contribution in [2.24, 2.45) is 0 Å². The lowest BCUT2D eigenvalue weighted by atomic mass is 10.0. The van der Waals surface area contributed by atoms with Gasteiger partial charge in [0.15, 0.2) is 0 Å². The Morgan fingerprint density at radius 1 is 0.387 bits per heavy atom. The molecule has 188 valence electrons. The standard InChI is InChI=1S/C28H60O2Si/c1-5-9-10-11-12-13-14-15-16-17-18-19-20-21-22-23-24-25-26-27-28-31(8-4,29-6-2)30-7-3/h5-28H2,1-4H3. The third kappa shape index (κ3) is 20.5. The van der Waals surface area contributed by atoms with Crippen LogP contribution in [0.15, 0.2) is 0 Å². The van der Waals surface area contributed by atoms with E-state index in [9.17, 15) is 0 Å². The summed E-state index contributed by atoms with van der Waals surface area (Å²) in [7, 11) is -1.88. The van der Waals surface area contributed by atoms with Crippen LogP contribution in [0.1, 0.15) is 156 Å². The maximum atomic E-state index is 6.08. The third-order valence-corrected chi connectivity index (χ3v) is 10.6. The first kappa shape index (κ1) is 31.1. The Labute approximate surface area is 198 Å². The van der Waals surface area contributed by atoms with Gasteiger partial charge < -0.3 is 8.85 Å². The number of hydrogen-bond acceptors (Lipinski definition) is 2. The first-order valence-corrected chi connectivity index (χ1v) is 16.8. The lowest BCUT2D eigenvalue weighted by molar-refractivity contribution is 0.182.